The van der Waals surface area contributed by atoms with E-state index in [-0.39, 0.29) is 35.4 Å². The van der Waals surface area contributed by atoms with E-state index < -0.39 is 12.4 Å². The lowest BCUT2D eigenvalue weighted by molar-refractivity contribution is -0.114. The first-order valence-electron chi connectivity index (χ1n) is 11.1. The maximum atomic E-state index is 15.0. The van der Waals surface area contributed by atoms with E-state index in [0.717, 1.165) is 11.6 Å². The second-order valence-corrected chi connectivity index (χ2v) is 8.23. The van der Waals surface area contributed by atoms with E-state index in [1.165, 1.54) is 29.2 Å². The Kier molecular flexibility index (Phi) is 9.47. The fraction of sp³-hybridized carbons (Fsp3) is 0.360. The fourth-order valence-corrected chi connectivity index (χ4v) is 3.60. The molecule has 9 nitrogen and oxygen atoms in total. The fourth-order valence-electron chi connectivity index (χ4n) is 3.60. The van der Waals surface area contributed by atoms with Crippen LogP contribution in [-0.4, -0.2) is 65.9 Å². The number of nitrogens with zero attached hydrogens (tertiary/aromatic N) is 5. The van der Waals surface area contributed by atoms with Crippen LogP contribution >= 0.6 is 0 Å². The normalized spacial score (nSPS) is 12.0. The van der Waals surface area contributed by atoms with E-state index in [1.807, 2.05) is 20.0 Å². The van der Waals surface area contributed by atoms with Crippen molar-refractivity contribution in [2.45, 2.75) is 27.7 Å². The molecular formula is C25H32FN5O4. The molecule has 0 aliphatic heterocycles. The molecule has 0 aliphatic carbocycles. The maximum absolute atomic E-state index is 15.0. The molecule has 2 N–H and O–H groups in total. The number of benzene rings is 1. The molecule has 0 spiro atoms. The SMILES string of the molecule is CCN(C=O)/C(CO)=N\N(C)c1cc(/C(=C\N(C)c2ccnc(O)c2C)C(C)C)c(C=O)cc1F. The predicted octanol–water partition coefficient (Wildman–Crippen LogP) is 3.40. The lowest BCUT2D eigenvalue weighted by atomic mass is 9.91. The van der Waals surface area contributed by atoms with Gasteiger partial charge in [0.15, 0.2) is 12.1 Å². The van der Waals surface area contributed by atoms with Crippen LogP contribution in [0, 0.1) is 18.7 Å². The van der Waals surface area contributed by atoms with Crippen molar-refractivity contribution in [3.8, 4) is 5.88 Å². The Labute approximate surface area is 204 Å². The van der Waals surface area contributed by atoms with Gasteiger partial charge in [-0.1, -0.05) is 13.8 Å². The summed E-state index contributed by atoms with van der Waals surface area (Å²) in [5.74, 6) is -0.766. The van der Waals surface area contributed by atoms with Crippen molar-refractivity contribution in [2.24, 2.45) is 11.0 Å². The molecule has 0 radical (unpaired) electrons. The van der Waals surface area contributed by atoms with Crippen LogP contribution in [0.3, 0.4) is 0 Å². The molecule has 1 amide bonds. The minimum absolute atomic E-state index is 0.0535. The third-order valence-electron chi connectivity index (χ3n) is 5.60. The number of hydrogen-bond acceptors (Lipinski definition) is 8. The molecule has 0 saturated carbocycles. The number of amides is 1. The zero-order valence-electron chi connectivity index (χ0n) is 20.9. The highest BCUT2D eigenvalue weighted by molar-refractivity contribution is 5.92. The van der Waals surface area contributed by atoms with Crippen LogP contribution in [0.1, 0.15) is 42.3 Å². The van der Waals surface area contributed by atoms with Gasteiger partial charge in [0.2, 0.25) is 12.3 Å². The second-order valence-electron chi connectivity index (χ2n) is 8.23. The van der Waals surface area contributed by atoms with Gasteiger partial charge in [0, 0.05) is 44.2 Å². The van der Waals surface area contributed by atoms with Crippen molar-refractivity contribution in [2.75, 3.05) is 37.2 Å². The number of amidine groups is 1. The monoisotopic (exact) mass is 485 g/mol. The number of hydrazone groups is 1. The topological polar surface area (TPSA) is 110 Å². The molecule has 35 heavy (non-hydrogen) atoms. The number of hydrogen-bond donors (Lipinski definition) is 2. The molecule has 0 saturated heterocycles. The van der Waals surface area contributed by atoms with Crippen LogP contribution in [0.5, 0.6) is 5.88 Å². The number of aliphatic hydroxyl groups is 1. The van der Waals surface area contributed by atoms with Gasteiger partial charge in [-0.25, -0.2) is 9.37 Å². The Hall–Kier alpha value is -3.79. The Morgan fingerprint density at radius 3 is 2.46 bits per heavy atom. The van der Waals surface area contributed by atoms with Gasteiger partial charge in [0.05, 0.1) is 11.4 Å². The minimum Gasteiger partial charge on any atom is -0.493 e. The summed E-state index contributed by atoms with van der Waals surface area (Å²) in [5, 5.41) is 25.0. The smallest absolute Gasteiger partial charge is 0.215 e. The van der Waals surface area contributed by atoms with E-state index in [2.05, 4.69) is 10.1 Å². The molecule has 10 heteroatoms. The van der Waals surface area contributed by atoms with Gasteiger partial charge in [-0.15, -0.1) is 0 Å². The van der Waals surface area contributed by atoms with Crippen molar-refractivity contribution in [3.63, 3.8) is 0 Å². The van der Waals surface area contributed by atoms with Crippen molar-refractivity contribution < 1.29 is 24.2 Å². The van der Waals surface area contributed by atoms with E-state index in [4.69, 9.17) is 0 Å². The number of aromatic nitrogens is 1. The van der Waals surface area contributed by atoms with Crippen molar-refractivity contribution in [1.29, 1.82) is 0 Å². The van der Waals surface area contributed by atoms with Gasteiger partial charge in [-0.3, -0.25) is 19.5 Å². The maximum Gasteiger partial charge on any atom is 0.215 e. The summed E-state index contributed by atoms with van der Waals surface area (Å²) < 4.78 is 15.0. The molecule has 0 aliphatic rings. The van der Waals surface area contributed by atoms with Crippen LogP contribution in [0.4, 0.5) is 15.8 Å². The highest BCUT2D eigenvalue weighted by Crippen LogP contribution is 2.33. The number of halogens is 1. The molecule has 0 bridgehead atoms. The number of likely N-dealkylation sites (N-methyl/N-ethyl adjacent to an activating group) is 1. The number of aromatic hydroxyl groups is 1. The average Bonchev–Trinajstić information content (AvgIpc) is 2.83. The summed E-state index contributed by atoms with van der Waals surface area (Å²) >= 11 is 0. The molecular weight excluding hydrogens is 453 g/mol. The molecule has 2 rings (SSSR count). The number of aldehydes is 1. The summed E-state index contributed by atoms with van der Waals surface area (Å²) in [7, 11) is 3.29. The zero-order valence-corrected chi connectivity index (χ0v) is 20.9. The number of allylic oxidation sites excluding steroid dienone is 1. The van der Waals surface area contributed by atoms with E-state index in [0.29, 0.717) is 29.5 Å². The summed E-state index contributed by atoms with van der Waals surface area (Å²) in [4.78, 5) is 30.0. The third kappa shape index (κ3) is 6.21. The Morgan fingerprint density at radius 1 is 1.23 bits per heavy atom. The first kappa shape index (κ1) is 27.5. The Balaban J connectivity index is 2.65. The molecule has 0 fully saturated rings. The van der Waals surface area contributed by atoms with Gasteiger partial charge in [-0.2, -0.15) is 5.10 Å². The highest BCUT2D eigenvalue weighted by atomic mass is 19.1. The van der Waals surface area contributed by atoms with Crippen LogP contribution in [0.15, 0.2) is 35.7 Å². The van der Waals surface area contributed by atoms with Gasteiger partial charge >= 0.3 is 0 Å². The second kappa shape index (κ2) is 12.1. The van der Waals surface area contributed by atoms with Crippen LogP contribution in [0.2, 0.25) is 0 Å². The highest BCUT2D eigenvalue weighted by Gasteiger charge is 2.20. The number of aliphatic hydroxyl groups excluding tert-OH is 1. The first-order valence-corrected chi connectivity index (χ1v) is 11.1. The summed E-state index contributed by atoms with van der Waals surface area (Å²) in [6, 6.07) is 4.41. The lowest BCUT2D eigenvalue weighted by Crippen LogP contribution is -2.34. The average molecular weight is 486 g/mol. The van der Waals surface area contributed by atoms with Gasteiger partial charge in [0.25, 0.3) is 0 Å². The van der Waals surface area contributed by atoms with Crippen molar-refractivity contribution in [3.05, 3.63) is 53.1 Å². The zero-order chi connectivity index (χ0) is 26.3. The molecule has 1 heterocycles. The number of anilines is 2. The van der Waals surface area contributed by atoms with Crippen molar-refractivity contribution in [1.82, 2.24) is 9.88 Å². The molecule has 188 valence electrons. The molecule has 0 atom stereocenters. The van der Waals surface area contributed by atoms with Gasteiger partial charge < -0.3 is 15.1 Å². The summed E-state index contributed by atoms with van der Waals surface area (Å²) in [6.45, 7) is 7.13. The van der Waals surface area contributed by atoms with Gasteiger partial charge in [0.1, 0.15) is 12.4 Å². The van der Waals surface area contributed by atoms with Crippen molar-refractivity contribution >= 4 is 35.5 Å². The van der Waals surface area contributed by atoms with Gasteiger partial charge in [-0.05, 0) is 49.1 Å². The quantitative estimate of drug-likeness (QED) is 0.230. The Bertz CT molecular complexity index is 1130. The van der Waals surface area contributed by atoms with Crippen LogP contribution < -0.4 is 9.91 Å². The largest absolute Gasteiger partial charge is 0.493 e. The molecule has 2 aromatic rings. The van der Waals surface area contributed by atoms with Crippen LogP contribution in [-0.2, 0) is 4.79 Å². The standard InChI is InChI=1S/C25H32FN5O4/c1-7-31(15-34)24(14-33)28-30(6)23-11-19(18(13-32)10-21(23)26)20(16(2)3)12-29(5)22-8-9-27-25(35)17(22)4/h8-13,15-16,33H,7,14H2,1-6H3,(H,27,35)/b20-12-,28-24-. The molecule has 1 aromatic carbocycles. The lowest BCUT2D eigenvalue weighted by Gasteiger charge is -2.24. The molecule has 1 aromatic heterocycles. The summed E-state index contributed by atoms with van der Waals surface area (Å²) in [6.07, 6.45) is 4.45. The number of rotatable bonds is 10. The Morgan fingerprint density at radius 2 is 1.91 bits per heavy atom. The van der Waals surface area contributed by atoms with E-state index in [9.17, 15) is 24.2 Å². The van der Waals surface area contributed by atoms with E-state index >= 15 is 0 Å². The number of pyridine rings is 1. The first-order chi connectivity index (χ1) is 16.6. The number of carbonyl (C=O) groups excluding carboxylic acids is 2. The van der Waals surface area contributed by atoms with E-state index in [1.54, 1.807) is 31.9 Å². The summed E-state index contributed by atoms with van der Waals surface area (Å²) in [5.41, 5.74) is 2.78. The third-order valence-corrected chi connectivity index (χ3v) is 5.60. The number of carbonyl (C=O) groups is 2. The molecule has 0 unspecified atom stereocenters. The van der Waals surface area contributed by atoms with Crippen LogP contribution in [0.25, 0.3) is 5.57 Å². The minimum atomic E-state index is -0.681. The predicted molar refractivity (Wildman–Crippen MR) is 135 cm³/mol.